The molecule has 14 heteroatoms. The lowest BCUT2D eigenvalue weighted by molar-refractivity contribution is 0.277. The van der Waals surface area contributed by atoms with Gasteiger partial charge in [0, 0.05) is 48.5 Å². The van der Waals surface area contributed by atoms with E-state index in [1.165, 1.54) is 0 Å². The van der Waals surface area contributed by atoms with Crippen molar-refractivity contribution < 1.29 is 66.3 Å². The van der Waals surface area contributed by atoms with Crippen LogP contribution in [0.25, 0.3) is 0 Å². The van der Waals surface area contributed by atoms with Crippen molar-refractivity contribution in [3.8, 4) is 105 Å². The summed E-state index contributed by atoms with van der Waals surface area (Å²) in [6.45, 7) is 0.995. The van der Waals surface area contributed by atoms with Gasteiger partial charge in [0.15, 0.2) is 0 Å². The molecule has 7 aromatic rings. The predicted molar refractivity (Wildman–Crippen MR) is 279 cm³/mol. The maximum atomic E-state index is 6.41. The molecular weight excluding hydrogens is 945 g/mol. The lowest BCUT2D eigenvalue weighted by Gasteiger charge is -2.17. The number of hydrogen-bond donors (Lipinski definition) is 0. The van der Waals surface area contributed by atoms with Crippen LogP contribution in [-0.4, -0.2) is 56.9 Å². The van der Waals surface area contributed by atoms with Crippen LogP contribution in [0, 0.1) is 24.7 Å². The monoisotopic (exact) mass is 1000 g/mol. The third kappa shape index (κ3) is 14.5. The third-order valence-corrected chi connectivity index (χ3v) is 11.3. The van der Waals surface area contributed by atoms with Crippen molar-refractivity contribution >= 4 is 0 Å². The van der Waals surface area contributed by atoms with E-state index in [1.54, 1.807) is 105 Å². The predicted octanol–water partition coefficient (Wildman–Crippen LogP) is 11.2. The Bertz CT molecular complexity index is 2660. The van der Waals surface area contributed by atoms with Crippen molar-refractivity contribution in [2.24, 2.45) is 0 Å². The van der Waals surface area contributed by atoms with Crippen molar-refractivity contribution in [3.63, 3.8) is 0 Å². The molecule has 14 nitrogen and oxygen atoms in total. The van der Waals surface area contributed by atoms with Crippen molar-refractivity contribution in [2.45, 2.75) is 39.6 Å². The molecule has 0 N–H and O–H groups in total. The van der Waals surface area contributed by atoms with Gasteiger partial charge < -0.3 is 66.3 Å². The Balaban J connectivity index is 1.11. The van der Waals surface area contributed by atoms with Gasteiger partial charge in [-0.1, -0.05) is 11.8 Å². The topological polar surface area (TPSA) is 129 Å². The number of hydrogen-bond acceptors (Lipinski definition) is 14. The van der Waals surface area contributed by atoms with Gasteiger partial charge in [0.2, 0.25) is 0 Å². The van der Waals surface area contributed by atoms with Crippen LogP contribution in [0.1, 0.15) is 44.5 Å². The largest absolute Gasteiger partial charge is 0.497 e. The number of benzene rings is 7. The molecule has 0 atom stereocenters. The molecule has 0 aromatic heterocycles. The summed E-state index contributed by atoms with van der Waals surface area (Å²) in [5.74, 6) is 13.4. The lowest BCUT2D eigenvalue weighted by Crippen LogP contribution is -2.04. The van der Waals surface area contributed by atoms with Crippen molar-refractivity contribution in [1.29, 1.82) is 0 Å². The van der Waals surface area contributed by atoms with Gasteiger partial charge in [0.25, 0.3) is 0 Å². The molecule has 0 fully saturated rings. The molecule has 0 bridgehead atoms. The third-order valence-electron chi connectivity index (χ3n) is 11.3. The first-order valence-electron chi connectivity index (χ1n) is 23.1. The molecule has 0 aliphatic carbocycles. The molecule has 0 unspecified atom stereocenters. The minimum atomic E-state index is 0.0765. The molecule has 74 heavy (non-hydrogen) atoms. The Morgan fingerprint density at radius 2 is 0.419 bits per heavy atom. The highest BCUT2D eigenvalue weighted by atomic mass is 16.5. The van der Waals surface area contributed by atoms with E-state index in [0.29, 0.717) is 91.6 Å². The van der Waals surface area contributed by atoms with Crippen molar-refractivity contribution in [2.75, 3.05) is 56.9 Å². The molecule has 0 amide bonds. The van der Waals surface area contributed by atoms with Gasteiger partial charge in [0.1, 0.15) is 120 Å². The Morgan fingerprint density at radius 3 is 0.608 bits per heavy atom. The van der Waals surface area contributed by atoms with Crippen molar-refractivity contribution in [3.05, 3.63) is 166 Å². The molecule has 0 saturated heterocycles. The summed E-state index contributed by atoms with van der Waals surface area (Å²) in [5.41, 5.74) is 5.64. The summed E-state index contributed by atoms with van der Waals surface area (Å²) in [5, 5.41) is 0. The molecule has 382 valence electrons. The Kier molecular flexibility index (Phi) is 18.4. The molecule has 7 rings (SSSR count). The minimum Gasteiger partial charge on any atom is -0.497 e. The van der Waals surface area contributed by atoms with Crippen LogP contribution in [0.5, 0.6) is 80.5 Å². The smallest absolute Gasteiger partial charge is 0.136 e. The second-order valence-corrected chi connectivity index (χ2v) is 16.4. The quantitative estimate of drug-likeness (QED) is 0.0477. The van der Waals surface area contributed by atoms with E-state index in [0.717, 1.165) is 33.4 Å². The zero-order valence-corrected chi connectivity index (χ0v) is 42.7. The molecule has 0 spiro atoms. The van der Waals surface area contributed by atoms with Gasteiger partial charge in [-0.3, -0.25) is 0 Å². The Morgan fingerprint density at radius 1 is 0.243 bits per heavy atom. The van der Waals surface area contributed by atoms with Gasteiger partial charge in [0.05, 0.1) is 68.0 Å². The molecular formula is C60H58O14. The van der Waals surface area contributed by atoms with Crippen LogP contribution in [-0.2, 0) is 39.6 Å². The molecule has 0 saturated carbocycles. The number of terminal acetylenes is 2. The van der Waals surface area contributed by atoms with Crippen LogP contribution in [0.4, 0.5) is 0 Å². The van der Waals surface area contributed by atoms with Crippen LogP contribution < -0.4 is 66.3 Å². The normalized spacial score (nSPS) is 10.5. The van der Waals surface area contributed by atoms with Gasteiger partial charge in [-0.2, -0.15) is 0 Å². The van der Waals surface area contributed by atoms with E-state index in [2.05, 4.69) is 11.8 Å². The average Bonchev–Trinajstić information content (AvgIpc) is 3.45. The first kappa shape index (κ1) is 52.7. The van der Waals surface area contributed by atoms with Gasteiger partial charge >= 0.3 is 0 Å². The van der Waals surface area contributed by atoms with Gasteiger partial charge in [-0.15, -0.1) is 12.8 Å². The summed E-state index contributed by atoms with van der Waals surface area (Å²) in [6.07, 6.45) is 12.2. The molecule has 0 aliphatic rings. The van der Waals surface area contributed by atoms with Crippen LogP contribution in [0.3, 0.4) is 0 Å². The fourth-order valence-corrected chi connectivity index (χ4v) is 7.57. The first-order chi connectivity index (χ1) is 36.0. The first-order valence-corrected chi connectivity index (χ1v) is 23.1. The summed E-state index contributed by atoms with van der Waals surface area (Å²) in [7, 11) is 12.8. The van der Waals surface area contributed by atoms with E-state index in [9.17, 15) is 0 Å². The molecule has 0 radical (unpaired) electrons. The summed E-state index contributed by atoms with van der Waals surface area (Å²) in [4.78, 5) is 0. The zero-order chi connectivity index (χ0) is 52.4. The number of rotatable bonds is 26. The standard InChI is InChI=1S/C60H58O14/c1-11-45-25-60(74-38-44-23-57(71-35-41-17-51(65-7)29-52(18-41)66-8)32-58(24-44)72-36-42-19-53(67-9)30-54(20-42)68-10)46(12-2)26-59(45)73-37-43-21-55(69-33-39-13-47(61-3)27-48(14-39)62-4)31-56(22-43)70-34-40-15-49(63-5)28-50(16-40)64-6/h1-2,13-32H,33-38H2,3-10H3. The molecule has 7 aromatic carbocycles. The summed E-state index contributed by atoms with van der Waals surface area (Å²) >= 11 is 0. The fraction of sp³-hybridized carbons (Fsp3) is 0.233. The highest BCUT2D eigenvalue weighted by Crippen LogP contribution is 2.34. The number of methoxy groups -OCH3 is 8. The van der Waals surface area contributed by atoms with Crippen LogP contribution >= 0.6 is 0 Å². The Hall–Kier alpha value is -9.14. The van der Waals surface area contributed by atoms with E-state index in [-0.39, 0.29) is 39.6 Å². The van der Waals surface area contributed by atoms with E-state index in [1.807, 2.05) is 72.8 Å². The molecule has 0 aliphatic heterocycles. The molecule has 0 heterocycles. The van der Waals surface area contributed by atoms with Crippen molar-refractivity contribution in [1.82, 2.24) is 0 Å². The second kappa shape index (κ2) is 25.8. The fourth-order valence-electron chi connectivity index (χ4n) is 7.57. The summed E-state index contributed by atoms with van der Waals surface area (Å²) in [6, 6.07) is 36.7. The maximum absolute atomic E-state index is 6.41. The highest BCUT2D eigenvalue weighted by Gasteiger charge is 2.15. The number of ether oxygens (including phenoxy) is 14. The SMILES string of the molecule is C#Cc1cc(OCc2cc(OCc3cc(OC)cc(OC)c3)cc(OCc3cc(OC)cc(OC)c3)c2)c(C#C)cc1OCc1cc(OCc2cc(OC)cc(OC)c2)cc(OCc2cc(OC)cc(OC)c2)c1. The van der Waals surface area contributed by atoms with Gasteiger partial charge in [-0.05, 0) is 106 Å². The van der Waals surface area contributed by atoms with E-state index in [4.69, 9.17) is 79.2 Å². The van der Waals surface area contributed by atoms with E-state index < -0.39 is 0 Å². The van der Waals surface area contributed by atoms with Crippen LogP contribution in [0.2, 0.25) is 0 Å². The van der Waals surface area contributed by atoms with Gasteiger partial charge in [-0.25, -0.2) is 0 Å². The maximum Gasteiger partial charge on any atom is 0.136 e. The van der Waals surface area contributed by atoms with Crippen LogP contribution in [0.15, 0.2) is 121 Å². The average molecular weight is 1000 g/mol. The second-order valence-electron chi connectivity index (χ2n) is 16.4. The van der Waals surface area contributed by atoms with E-state index >= 15 is 0 Å². The minimum absolute atomic E-state index is 0.0765. The summed E-state index contributed by atoms with van der Waals surface area (Å²) < 4.78 is 81.9. The highest BCUT2D eigenvalue weighted by molar-refractivity contribution is 5.58. The Labute approximate surface area is 432 Å². The lowest BCUT2D eigenvalue weighted by atomic mass is 10.1. The zero-order valence-electron chi connectivity index (χ0n) is 42.7.